The molecule has 43 heavy (non-hydrogen) atoms. The quantitative estimate of drug-likeness (QED) is 0.233. The highest BCUT2D eigenvalue weighted by Gasteiger charge is 2.43. The minimum absolute atomic E-state index is 0.110. The molecule has 0 aliphatic carbocycles. The molecule has 1 unspecified atom stereocenters. The first-order chi connectivity index (χ1) is 20.6. The van der Waals surface area contributed by atoms with Crippen molar-refractivity contribution in [3.05, 3.63) is 130 Å². The van der Waals surface area contributed by atoms with Gasteiger partial charge in [0.2, 0.25) is 0 Å². The van der Waals surface area contributed by atoms with Crippen molar-refractivity contribution in [3.8, 4) is 11.5 Å². The van der Waals surface area contributed by atoms with E-state index < -0.39 is 23.6 Å². The molecule has 2 aliphatic rings. The normalized spacial score (nSPS) is 17.2. The van der Waals surface area contributed by atoms with Crippen molar-refractivity contribution in [1.82, 2.24) is 0 Å². The number of nitrogens with zero attached hydrogens (tertiary/aromatic N) is 1. The Kier molecular flexibility index (Phi) is 7.30. The molecular weight excluding hydrogens is 550 g/mol. The molecule has 0 fully saturated rings. The molecule has 0 saturated carbocycles. The van der Waals surface area contributed by atoms with Crippen LogP contribution in [0.2, 0.25) is 0 Å². The molecule has 0 aromatic heterocycles. The Morgan fingerprint density at radius 2 is 1.81 bits per heavy atom. The van der Waals surface area contributed by atoms with Gasteiger partial charge in [0.15, 0.2) is 0 Å². The summed E-state index contributed by atoms with van der Waals surface area (Å²) < 4.78 is 43.8. The van der Waals surface area contributed by atoms with Crippen molar-refractivity contribution in [1.29, 1.82) is 0 Å². The van der Waals surface area contributed by atoms with E-state index >= 15 is 8.78 Å². The lowest BCUT2D eigenvalue weighted by Gasteiger charge is -2.38. The Labute approximate surface area is 249 Å². The van der Waals surface area contributed by atoms with Gasteiger partial charge in [-0.15, -0.1) is 0 Å². The summed E-state index contributed by atoms with van der Waals surface area (Å²) in [4.78, 5) is 15.7. The first-order valence-corrected chi connectivity index (χ1v) is 14.1. The number of hydrogen-bond donors (Lipinski definition) is 2. The molecule has 1 atom stereocenters. The van der Waals surface area contributed by atoms with E-state index in [1.807, 2.05) is 44.2 Å². The van der Waals surface area contributed by atoms with Gasteiger partial charge < -0.3 is 19.9 Å². The Bertz CT molecular complexity index is 1740. The van der Waals surface area contributed by atoms with Crippen LogP contribution >= 0.6 is 0 Å². The number of hydrogen-bond acceptors (Lipinski definition) is 5. The Balaban J connectivity index is 1.51. The van der Waals surface area contributed by atoms with Gasteiger partial charge in [0.1, 0.15) is 47.2 Å². The van der Waals surface area contributed by atoms with Gasteiger partial charge in [0.25, 0.3) is 5.91 Å². The van der Waals surface area contributed by atoms with Crippen molar-refractivity contribution in [3.63, 3.8) is 0 Å². The van der Waals surface area contributed by atoms with Crippen LogP contribution in [0.5, 0.6) is 11.5 Å². The predicted octanol–water partition coefficient (Wildman–Crippen LogP) is 8.03. The highest BCUT2D eigenvalue weighted by molar-refractivity contribution is 6.09. The van der Waals surface area contributed by atoms with Crippen LogP contribution in [0.1, 0.15) is 53.4 Å². The maximum absolute atomic E-state index is 16.2. The molecular formula is C35H32F2N2O4. The third kappa shape index (κ3) is 5.41. The van der Waals surface area contributed by atoms with E-state index in [-0.39, 0.29) is 40.3 Å². The molecule has 2 heterocycles. The zero-order chi connectivity index (χ0) is 30.3. The molecule has 6 nitrogen and oxygen atoms in total. The third-order valence-corrected chi connectivity index (χ3v) is 7.79. The highest BCUT2D eigenvalue weighted by Crippen LogP contribution is 2.50. The largest absolute Gasteiger partial charge is 0.506 e. The summed E-state index contributed by atoms with van der Waals surface area (Å²) in [6.07, 6.45) is 0.507. The number of aryl methyl sites for hydroxylation is 1. The SMILES string of the molecule is Cc1cccc(C(=O)N2c3cccc(O)c3NC3=C(OCC(C)(C)C3)C2c2ccc(OCc3ccccc3)cc2F)c1F. The highest BCUT2D eigenvalue weighted by atomic mass is 19.1. The molecule has 4 aromatic carbocycles. The van der Waals surface area contributed by atoms with Crippen molar-refractivity contribution < 1.29 is 28.2 Å². The van der Waals surface area contributed by atoms with Crippen LogP contribution in [0, 0.1) is 24.0 Å². The maximum Gasteiger partial charge on any atom is 0.262 e. The minimum Gasteiger partial charge on any atom is -0.506 e. The van der Waals surface area contributed by atoms with Gasteiger partial charge in [-0.2, -0.15) is 0 Å². The first kappa shape index (κ1) is 28.3. The van der Waals surface area contributed by atoms with Crippen molar-refractivity contribution >= 4 is 17.3 Å². The number of para-hydroxylation sites is 1. The molecule has 8 heteroatoms. The lowest BCUT2D eigenvalue weighted by Crippen LogP contribution is -2.39. The first-order valence-electron chi connectivity index (χ1n) is 14.1. The average Bonchev–Trinajstić information content (AvgIpc) is 3.12. The number of rotatable bonds is 5. The van der Waals surface area contributed by atoms with Gasteiger partial charge in [-0.1, -0.05) is 62.4 Å². The van der Waals surface area contributed by atoms with E-state index in [0.29, 0.717) is 35.8 Å². The molecule has 6 rings (SSSR count). The predicted molar refractivity (Wildman–Crippen MR) is 161 cm³/mol. The molecule has 4 aromatic rings. The fraction of sp³-hybridized carbons (Fsp3) is 0.229. The lowest BCUT2D eigenvalue weighted by molar-refractivity contribution is 0.0756. The van der Waals surface area contributed by atoms with E-state index in [1.54, 1.807) is 43.3 Å². The average molecular weight is 583 g/mol. The number of carbonyl (C=O) groups is 1. The fourth-order valence-corrected chi connectivity index (χ4v) is 5.60. The second-order valence-corrected chi connectivity index (χ2v) is 11.7. The van der Waals surface area contributed by atoms with E-state index in [0.717, 1.165) is 5.56 Å². The van der Waals surface area contributed by atoms with Crippen molar-refractivity contribution in [2.45, 2.75) is 39.8 Å². The van der Waals surface area contributed by atoms with Crippen LogP contribution < -0.4 is 15.0 Å². The number of fused-ring (bicyclic) bond motifs is 1. The Morgan fingerprint density at radius 3 is 2.58 bits per heavy atom. The summed E-state index contributed by atoms with van der Waals surface area (Å²) in [5.74, 6) is -1.46. The topological polar surface area (TPSA) is 71.0 Å². The van der Waals surface area contributed by atoms with Crippen molar-refractivity contribution in [2.75, 3.05) is 16.8 Å². The number of ether oxygens (including phenoxy) is 2. The summed E-state index contributed by atoms with van der Waals surface area (Å²) in [7, 11) is 0. The van der Waals surface area contributed by atoms with Crippen LogP contribution in [0.15, 0.2) is 96.4 Å². The third-order valence-electron chi connectivity index (χ3n) is 7.79. The van der Waals surface area contributed by atoms with Crippen LogP contribution in [-0.2, 0) is 11.3 Å². The molecule has 2 N–H and O–H groups in total. The zero-order valence-electron chi connectivity index (χ0n) is 24.2. The van der Waals surface area contributed by atoms with Gasteiger partial charge in [-0.3, -0.25) is 9.69 Å². The molecule has 0 radical (unpaired) electrons. The van der Waals surface area contributed by atoms with Crippen LogP contribution in [0.4, 0.5) is 20.2 Å². The summed E-state index contributed by atoms with van der Waals surface area (Å²) in [6, 6.07) is 22.2. The number of anilines is 2. The summed E-state index contributed by atoms with van der Waals surface area (Å²) in [5.41, 5.74) is 2.03. The number of benzene rings is 4. The van der Waals surface area contributed by atoms with E-state index in [2.05, 4.69) is 5.32 Å². The standard InChI is InChI=1S/C35H32F2N2O4/c1-21-9-7-12-25(30(21)37)34(41)39-28-13-8-14-29(40)31(28)38-27-18-35(2,3)20-43-33(27)32(39)24-16-15-23(17-26(24)36)42-19-22-10-5-4-6-11-22/h4-17,32,38,40H,18-20H2,1-3H3. The molecule has 0 bridgehead atoms. The number of carbonyl (C=O) groups excluding carboxylic acids is 1. The monoisotopic (exact) mass is 582 g/mol. The second-order valence-electron chi connectivity index (χ2n) is 11.7. The van der Waals surface area contributed by atoms with Crippen molar-refractivity contribution in [2.24, 2.45) is 5.41 Å². The number of halogens is 2. The Hall–Kier alpha value is -4.85. The molecule has 0 spiro atoms. The molecule has 2 aliphatic heterocycles. The van der Waals surface area contributed by atoms with E-state index in [9.17, 15) is 9.90 Å². The summed E-state index contributed by atoms with van der Waals surface area (Å²) in [6.45, 7) is 6.22. The van der Waals surface area contributed by atoms with E-state index in [4.69, 9.17) is 9.47 Å². The van der Waals surface area contributed by atoms with Crippen LogP contribution in [-0.4, -0.2) is 17.6 Å². The number of amides is 1. The van der Waals surface area contributed by atoms with Gasteiger partial charge in [-0.25, -0.2) is 8.78 Å². The Morgan fingerprint density at radius 1 is 1.05 bits per heavy atom. The fourth-order valence-electron chi connectivity index (χ4n) is 5.60. The lowest BCUT2D eigenvalue weighted by atomic mass is 9.85. The number of phenols is 1. The van der Waals surface area contributed by atoms with Crippen LogP contribution in [0.3, 0.4) is 0 Å². The maximum atomic E-state index is 16.2. The minimum atomic E-state index is -1.11. The van der Waals surface area contributed by atoms with Crippen LogP contribution in [0.25, 0.3) is 0 Å². The summed E-state index contributed by atoms with van der Waals surface area (Å²) >= 11 is 0. The summed E-state index contributed by atoms with van der Waals surface area (Å²) in [5, 5.41) is 14.2. The number of phenolic OH excluding ortho intramolecular Hbond substituents is 1. The number of nitrogens with one attached hydrogen (secondary N) is 1. The van der Waals surface area contributed by atoms with Gasteiger partial charge in [0, 0.05) is 17.0 Å². The van der Waals surface area contributed by atoms with Gasteiger partial charge in [0.05, 0.1) is 23.6 Å². The molecule has 220 valence electrons. The number of aromatic hydroxyl groups is 1. The van der Waals surface area contributed by atoms with Gasteiger partial charge in [-0.05, 0) is 54.8 Å². The zero-order valence-corrected chi connectivity index (χ0v) is 24.2. The molecule has 0 saturated heterocycles. The molecule has 1 amide bonds. The second kappa shape index (κ2) is 11.1. The van der Waals surface area contributed by atoms with E-state index in [1.165, 1.54) is 23.1 Å². The number of allylic oxidation sites excluding steroid dienone is 1. The smallest absolute Gasteiger partial charge is 0.262 e. The van der Waals surface area contributed by atoms with Gasteiger partial charge >= 0.3 is 0 Å².